The second-order valence-corrected chi connectivity index (χ2v) is 9.19. The summed E-state index contributed by atoms with van der Waals surface area (Å²) in [6.45, 7) is 0. The zero-order valence-corrected chi connectivity index (χ0v) is 18.2. The molecule has 0 aliphatic rings. The zero-order valence-electron chi connectivity index (χ0n) is 17.3. The predicted molar refractivity (Wildman–Crippen MR) is 129 cm³/mol. The molecule has 0 bridgehead atoms. The molecule has 32 heavy (non-hydrogen) atoms. The maximum absolute atomic E-state index is 12.7. The molecular formula is C28H21NO2S. The lowest BCUT2D eigenvalue weighted by Gasteiger charge is -2.23. The van der Waals surface area contributed by atoms with E-state index in [1.165, 1.54) is 15.9 Å². The van der Waals surface area contributed by atoms with Gasteiger partial charge >= 0.3 is 5.97 Å². The maximum atomic E-state index is 12.7. The van der Waals surface area contributed by atoms with Crippen LogP contribution in [0.4, 0.5) is 0 Å². The molecule has 0 aliphatic carbocycles. The molecule has 3 nitrogen and oxygen atoms in total. The molecule has 0 atom stereocenters. The third kappa shape index (κ3) is 5.15. The number of nitrogens with zero attached hydrogens (tertiary/aromatic N) is 1. The van der Waals surface area contributed by atoms with Crippen molar-refractivity contribution in [3.63, 3.8) is 0 Å². The molecule has 156 valence electrons. The van der Waals surface area contributed by atoms with Gasteiger partial charge < -0.3 is 4.74 Å². The molecular weight excluding hydrogens is 414 g/mol. The summed E-state index contributed by atoms with van der Waals surface area (Å²) >= 11 is 0. The Morgan fingerprint density at radius 1 is 0.719 bits per heavy atom. The van der Waals surface area contributed by atoms with E-state index in [0.717, 1.165) is 10.5 Å². The van der Waals surface area contributed by atoms with E-state index in [9.17, 15) is 10.1 Å². The van der Waals surface area contributed by atoms with Crippen molar-refractivity contribution >= 4 is 22.9 Å². The highest BCUT2D eigenvalue weighted by Gasteiger charge is 2.16. The number of rotatable bonds is 6. The lowest BCUT2D eigenvalue weighted by molar-refractivity contribution is -0.129. The number of carbonyl (C=O) groups is 1. The molecule has 0 N–H and O–H groups in total. The molecule has 0 aliphatic heterocycles. The van der Waals surface area contributed by atoms with Crippen molar-refractivity contribution in [2.45, 2.75) is 14.7 Å². The van der Waals surface area contributed by atoms with E-state index in [4.69, 9.17) is 4.74 Å². The smallest absolute Gasteiger partial charge is 0.354 e. The Kier molecular flexibility index (Phi) is 6.81. The first-order valence-corrected chi connectivity index (χ1v) is 11.5. The lowest BCUT2D eigenvalue weighted by atomic mass is 10.1. The van der Waals surface area contributed by atoms with Crippen molar-refractivity contribution in [1.82, 2.24) is 0 Å². The van der Waals surface area contributed by atoms with Gasteiger partial charge in [-0.15, -0.1) is 0 Å². The van der Waals surface area contributed by atoms with Crippen LogP contribution in [0.1, 0.15) is 5.56 Å². The number of benzene rings is 4. The molecule has 4 aromatic carbocycles. The first-order chi connectivity index (χ1) is 15.7. The highest BCUT2D eigenvalue weighted by atomic mass is 32.2. The van der Waals surface area contributed by atoms with Crippen LogP contribution in [0.25, 0.3) is 6.08 Å². The molecule has 4 rings (SSSR count). The third-order valence-electron chi connectivity index (χ3n) is 4.77. The fraction of sp³-hybridized carbons (Fsp3) is 0. The summed E-state index contributed by atoms with van der Waals surface area (Å²) in [6.07, 6.45) is 1.53. The Hall–Kier alpha value is -4.07. The standard InChI is InChI=1S/C28H21NO2S/c29-21-23(19-22-11-4-1-5-12-22)28(30)31-24-13-10-18-27(20-24)32(25-14-6-2-7-15-25)26-16-8-3-9-17-26/h1-20,32H/b23-19+. The minimum Gasteiger partial charge on any atom is -0.422 e. The number of carbonyl (C=O) groups excluding carboxylic acids is 1. The molecule has 0 fully saturated rings. The monoisotopic (exact) mass is 435 g/mol. The van der Waals surface area contributed by atoms with E-state index in [1.807, 2.05) is 91.0 Å². The van der Waals surface area contributed by atoms with Crippen LogP contribution >= 0.6 is 10.9 Å². The first-order valence-electron chi connectivity index (χ1n) is 10.1. The largest absolute Gasteiger partial charge is 0.422 e. The van der Waals surface area contributed by atoms with Crippen molar-refractivity contribution in [3.05, 3.63) is 126 Å². The van der Waals surface area contributed by atoms with Gasteiger partial charge in [0.1, 0.15) is 17.4 Å². The quantitative estimate of drug-likeness (QED) is 0.121. The van der Waals surface area contributed by atoms with Gasteiger partial charge in [0.25, 0.3) is 0 Å². The number of thiol groups is 1. The van der Waals surface area contributed by atoms with Gasteiger partial charge in [-0.3, -0.25) is 0 Å². The molecule has 4 aromatic rings. The maximum Gasteiger partial charge on any atom is 0.354 e. The average molecular weight is 436 g/mol. The molecule has 0 saturated heterocycles. The molecule has 0 saturated carbocycles. The Morgan fingerprint density at radius 3 is 1.81 bits per heavy atom. The molecule has 4 heteroatoms. The van der Waals surface area contributed by atoms with Crippen LogP contribution in [-0.4, -0.2) is 5.97 Å². The minimum absolute atomic E-state index is 0.0463. The van der Waals surface area contributed by atoms with E-state index in [-0.39, 0.29) is 5.57 Å². The zero-order chi connectivity index (χ0) is 22.2. The first kappa shape index (κ1) is 21.2. The second-order valence-electron chi connectivity index (χ2n) is 6.97. The third-order valence-corrected chi connectivity index (χ3v) is 7.19. The van der Waals surface area contributed by atoms with E-state index >= 15 is 0 Å². The number of nitriles is 1. The molecule has 0 spiro atoms. The van der Waals surface area contributed by atoms with Crippen LogP contribution in [0, 0.1) is 11.3 Å². The van der Waals surface area contributed by atoms with Crippen LogP contribution in [0.3, 0.4) is 0 Å². The van der Waals surface area contributed by atoms with E-state index in [1.54, 1.807) is 6.07 Å². The molecule has 0 unspecified atom stereocenters. The molecule has 0 heterocycles. The summed E-state index contributed by atoms with van der Waals surface area (Å²) in [6, 6.07) is 39.4. The van der Waals surface area contributed by atoms with Gasteiger partial charge in [-0.05, 0) is 68.8 Å². The van der Waals surface area contributed by atoms with Crippen molar-refractivity contribution in [2.24, 2.45) is 0 Å². The van der Waals surface area contributed by atoms with Gasteiger partial charge in [0.05, 0.1) is 0 Å². The summed E-state index contributed by atoms with van der Waals surface area (Å²) < 4.78 is 5.58. The predicted octanol–water partition coefficient (Wildman–Crippen LogP) is 6.68. The van der Waals surface area contributed by atoms with Gasteiger partial charge in [0.2, 0.25) is 0 Å². The Balaban J connectivity index is 1.64. The van der Waals surface area contributed by atoms with Crippen LogP contribution < -0.4 is 4.74 Å². The molecule has 0 aromatic heterocycles. The van der Waals surface area contributed by atoms with Crippen LogP contribution in [-0.2, 0) is 4.79 Å². The Labute approximate surface area is 190 Å². The van der Waals surface area contributed by atoms with E-state index < -0.39 is 16.9 Å². The topological polar surface area (TPSA) is 50.1 Å². The van der Waals surface area contributed by atoms with E-state index in [2.05, 4.69) is 24.3 Å². The second kappa shape index (κ2) is 10.3. The van der Waals surface area contributed by atoms with Gasteiger partial charge in [-0.25, -0.2) is 4.79 Å². The fourth-order valence-electron chi connectivity index (χ4n) is 3.30. The van der Waals surface area contributed by atoms with E-state index in [0.29, 0.717) is 5.75 Å². The van der Waals surface area contributed by atoms with Gasteiger partial charge in [0, 0.05) is 0 Å². The SMILES string of the molecule is N#C/C(=C\c1ccccc1)C(=O)Oc1cccc([SH](c2ccccc2)c2ccccc2)c1. The van der Waals surface area contributed by atoms with Crippen LogP contribution in [0.2, 0.25) is 0 Å². The molecule has 0 radical (unpaired) electrons. The minimum atomic E-state index is -0.817. The summed E-state index contributed by atoms with van der Waals surface area (Å²) in [7, 11) is -0.817. The summed E-state index contributed by atoms with van der Waals surface area (Å²) in [4.78, 5) is 16.1. The van der Waals surface area contributed by atoms with Gasteiger partial charge in [-0.1, -0.05) is 72.8 Å². The van der Waals surface area contributed by atoms with Gasteiger partial charge in [-0.2, -0.15) is 16.2 Å². The summed E-state index contributed by atoms with van der Waals surface area (Å²) in [5.74, 6) is -0.252. The molecule has 0 amide bonds. The number of esters is 1. The highest BCUT2D eigenvalue weighted by molar-refractivity contribution is 8.17. The number of hydrogen-bond acceptors (Lipinski definition) is 3. The van der Waals surface area contributed by atoms with Gasteiger partial charge in [0.15, 0.2) is 0 Å². The number of ether oxygens (including phenoxy) is 1. The summed E-state index contributed by atoms with van der Waals surface area (Å²) in [5, 5.41) is 9.46. The van der Waals surface area contributed by atoms with Crippen LogP contribution in [0.5, 0.6) is 5.75 Å². The van der Waals surface area contributed by atoms with Crippen LogP contribution in [0.15, 0.2) is 136 Å². The Morgan fingerprint density at radius 2 is 1.25 bits per heavy atom. The average Bonchev–Trinajstić information content (AvgIpc) is 2.85. The highest BCUT2D eigenvalue weighted by Crippen LogP contribution is 2.51. The van der Waals surface area contributed by atoms with Crippen molar-refractivity contribution in [3.8, 4) is 11.8 Å². The normalized spacial score (nSPS) is 11.3. The Bertz CT molecular complexity index is 1220. The van der Waals surface area contributed by atoms with Crippen molar-refractivity contribution < 1.29 is 9.53 Å². The lowest BCUT2D eigenvalue weighted by Crippen LogP contribution is -2.10. The van der Waals surface area contributed by atoms with Crippen molar-refractivity contribution in [2.75, 3.05) is 0 Å². The summed E-state index contributed by atoms with van der Waals surface area (Å²) in [5.41, 5.74) is 0.724. The van der Waals surface area contributed by atoms with Crippen molar-refractivity contribution in [1.29, 1.82) is 5.26 Å². The fourth-order valence-corrected chi connectivity index (χ4v) is 5.63. The number of hydrogen-bond donors (Lipinski definition) is 1.